The van der Waals surface area contributed by atoms with Gasteiger partial charge >= 0.3 is 0 Å². The molecular formula is C54H62IrN4OSi-2. The van der Waals surface area contributed by atoms with Gasteiger partial charge in [0.15, 0.2) is 0 Å². The minimum atomic E-state index is -1.37. The van der Waals surface area contributed by atoms with Gasteiger partial charge in [-0.2, -0.15) is 0 Å². The summed E-state index contributed by atoms with van der Waals surface area (Å²) in [6.07, 6.45) is 5.13. The molecule has 0 unspecified atom stereocenters. The summed E-state index contributed by atoms with van der Waals surface area (Å²) in [6.45, 7) is 32.0. The molecule has 0 saturated heterocycles. The van der Waals surface area contributed by atoms with Crippen molar-refractivity contribution in [2.75, 3.05) is 0 Å². The van der Waals surface area contributed by atoms with E-state index < -0.39 is 8.07 Å². The van der Waals surface area contributed by atoms with Gasteiger partial charge in [0.25, 0.3) is 0 Å². The van der Waals surface area contributed by atoms with E-state index in [-0.39, 0.29) is 30.9 Å². The third-order valence-electron chi connectivity index (χ3n) is 11.2. The van der Waals surface area contributed by atoms with Crippen molar-refractivity contribution in [2.24, 2.45) is 5.41 Å². The average molecular weight is 1000 g/mol. The molecule has 0 amide bonds. The van der Waals surface area contributed by atoms with Crippen molar-refractivity contribution in [3.8, 4) is 28.3 Å². The van der Waals surface area contributed by atoms with Crippen molar-refractivity contribution in [3.05, 3.63) is 137 Å². The molecule has 0 aliphatic heterocycles. The Bertz CT molecular complexity index is 2780. The molecule has 0 aliphatic carbocycles. The van der Waals surface area contributed by atoms with Crippen molar-refractivity contribution < 1.29 is 24.5 Å². The summed E-state index contributed by atoms with van der Waals surface area (Å²) in [5, 5.41) is 3.66. The van der Waals surface area contributed by atoms with Crippen LogP contribution in [0.4, 0.5) is 0 Å². The van der Waals surface area contributed by atoms with Crippen LogP contribution in [0.1, 0.15) is 109 Å². The maximum Gasteiger partial charge on any atom is 0.120 e. The summed E-state index contributed by atoms with van der Waals surface area (Å²) in [7, 11) is -1.37. The van der Waals surface area contributed by atoms with E-state index >= 15 is 0 Å². The van der Waals surface area contributed by atoms with Crippen LogP contribution in [0.5, 0.6) is 0 Å². The van der Waals surface area contributed by atoms with Gasteiger partial charge in [-0.3, -0.25) is 9.97 Å². The van der Waals surface area contributed by atoms with Crippen LogP contribution < -0.4 is 5.19 Å². The second-order valence-corrected chi connectivity index (χ2v) is 25.4. The molecule has 0 saturated carbocycles. The molecule has 0 N–H and O–H groups in total. The van der Waals surface area contributed by atoms with Gasteiger partial charge in [-0.05, 0) is 64.7 Å². The van der Waals surface area contributed by atoms with Crippen LogP contribution in [-0.2, 0) is 31.9 Å². The minimum absolute atomic E-state index is 0. The van der Waals surface area contributed by atoms with Crippen LogP contribution in [-0.4, -0.2) is 27.6 Å². The molecule has 0 spiro atoms. The molecule has 7 heteroatoms. The number of imidazole rings is 1. The zero-order chi connectivity index (χ0) is 43.3. The number of nitrogens with zero attached hydrogens (tertiary/aromatic N) is 4. The van der Waals surface area contributed by atoms with Gasteiger partial charge in [-0.25, -0.2) is 0 Å². The zero-order valence-corrected chi connectivity index (χ0v) is 42.0. The SMILES string of the molecule is CC(C)(C)Cc1cc(-c2[c-]cccc2)ncc1[Si](C)(C)C.Cc1cc(C(C)C)c(-n2c(-c3[c-]ccc4c3oc3ccccc34)nc3cnc(C(C)(C)C)cc32)c(C(C)C)c1.[Ir]. The van der Waals surface area contributed by atoms with E-state index in [4.69, 9.17) is 19.4 Å². The number of hydrogen-bond donors (Lipinski definition) is 0. The van der Waals surface area contributed by atoms with Gasteiger partial charge in [-0.15, -0.1) is 54.1 Å². The molecule has 5 nitrogen and oxygen atoms in total. The van der Waals surface area contributed by atoms with E-state index in [2.05, 4.69) is 167 Å². The Hall–Kier alpha value is -4.68. The number of para-hydroxylation sites is 1. The number of fused-ring (bicyclic) bond motifs is 4. The van der Waals surface area contributed by atoms with Crippen LogP contribution in [0.3, 0.4) is 0 Å². The molecule has 0 aliphatic rings. The number of furan rings is 1. The Balaban J connectivity index is 0.000000240. The maximum atomic E-state index is 6.48. The Morgan fingerprint density at radius 3 is 2.03 bits per heavy atom. The Labute approximate surface area is 378 Å². The fourth-order valence-electron chi connectivity index (χ4n) is 8.21. The Morgan fingerprint density at radius 2 is 1.43 bits per heavy atom. The number of pyridine rings is 2. The van der Waals surface area contributed by atoms with Crippen LogP contribution in [0.2, 0.25) is 19.6 Å². The summed E-state index contributed by atoms with van der Waals surface area (Å²) < 4.78 is 8.83. The van der Waals surface area contributed by atoms with Gasteiger partial charge in [0.1, 0.15) is 5.58 Å². The molecule has 4 aromatic carbocycles. The molecule has 4 aromatic heterocycles. The van der Waals surface area contributed by atoms with E-state index in [1.54, 1.807) is 0 Å². The summed E-state index contributed by atoms with van der Waals surface area (Å²) in [4.78, 5) is 14.8. The summed E-state index contributed by atoms with van der Waals surface area (Å²) in [6, 6.07) is 36.3. The van der Waals surface area contributed by atoms with E-state index in [0.29, 0.717) is 11.8 Å². The van der Waals surface area contributed by atoms with Gasteiger partial charge in [-0.1, -0.05) is 147 Å². The predicted molar refractivity (Wildman–Crippen MR) is 257 cm³/mol. The summed E-state index contributed by atoms with van der Waals surface area (Å²) >= 11 is 0. The molecule has 319 valence electrons. The quantitative estimate of drug-likeness (QED) is 0.118. The largest absolute Gasteiger partial charge is 0.501 e. The van der Waals surface area contributed by atoms with Crippen molar-refractivity contribution >= 4 is 46.2 Å². The summed E-state index contributed by atoms with van der Waals surface area (Å²) in [5.74, 6) is 1.49. The van der Waals surface area contributed by atoms with Crippen LogP contribution in [0.15, 0.2) is 102 Å². The average Bonchev–Trinajstić information content (AvgIpc) is 3.75. The second kappa shape index (κ2) is 17.6. The molecular weight excluding hydrogens is 941 g/mol. The van der Waals surface area contributed by atoms with Gasteiger partial charge in [0.2, 0.25) is 0 Å². The van der Waals surface area contributed by atoms with Crippen molar-refractivity contribution in [1.82, 2.24) is 19.5 Å². The standard InChI is InChI=1S/C35H36N3O.C19H26NSi.Ir/c1-20(2)26-16-22(5)17-27(21(3)4)32(26)38-29-18-31(35(6,7)8)36-19-28(29)37-34(38)25-14-11-13-24-23-12-9-10-15-30(23)39-33(24)25;1-19(2,3)13-16-12-17(15-10-8-7-9-11-15)20-14-18(16)21(4,5)6;/h9-13,15-21H,1-8H3;7-10,12,14H,13H2,1-6H3;/q2*-1;. The number of rotatable bonds is 7. The van der Waals surface area contributed by atoms with E-state index in [1.807, 2.05) is 42.6 Å². The monoisotopic (exact) mass is 1000 g/mol. The van der Waals surface area contributed by atoms with E-state index in [0.717, 1.165) is 67.7 Å². The number of aromatic nitrogens is 4. The number of aryl methyl sites for hydroxylation is 1. The first-order valence-corrected chi connectivity index (χ1v) is 25.0. The predicted octanol–water partition coefficient (Wildman–Crippen LogP) is 14.3. The Morgan fingerprint density at radius 1 is 0.754 bits per heavy atom. The molecule has 4 heterocycles. The molecule has 0 atom stereocenters. The van der Waals surface area contributed by atoms with Crippen LogP contribution in [0, 0.1) is 24.5 Å². The van der Waals surface area contributed by atoms with E-state index in [1.165, 1.54) is 33.1 Å². The smallest absolute Gasteiger partial charge is 0.120 e. The van der Waals surface area contributed by atoms with Crippen molar-refractivity contribution in [1.29, 1.82) is 0 Å². The number of hydrogen-bond acceptors (Lipinski definition) is 4. The number of benzene rings is 4. The zero-order valence-electron chi connectivity index (χ0n) is 38.6. The van der Waals surface area contributed by atoms with Crippen LogP contribution >= 0.6 is 0 Å². The normalized spacial score (nSPS) is 12.3. The molecule has 0 bridgehead atoms. The molecule has 8 rings (SSSR count). The third-order valence-corrected chi connectivity index (χ3v) is 13.2. The third kappa shape index (κ3) is 9.70. The first-order valence-electron chi connectivity index (χ1n) is 21.5. The molecule has 61 heavy (non-hydrogen) atoms. The fraction of sp³-hybridized carbons (Fsp3) is 0.352. The molecule has 8 aromatic rings. The molecule has 0 fully saturated rings. The minimum Gasteiger partial charge on any atom is -0.501 e. The van der Waals surface area contributed by atoms with Crippen molar-refractivity contribution in [2.45, 2.75) is 119 Å². The van der Waals surface area contributed by atoms with Crippen LogP contribution in [0.25, 0.3) is 61.3 Å². The van der Waals surface area contributed by atoms with Gasteiger partial charge in [0.05, 0.1) is 36.7 Å². The van der Waals surface area contributed by atoms with Crippen molar-refractivity contribution in [3.63, 3.8) is 0 Å². The van der Waals surface area contributed by atoms with Gasteiger partial charge < -0.3 is 14.0 Å². The molecule has 1 radical (unpaired) electrons. The first-order chi connectivity index (χ1) is 28.2. The summed E-state index contributed by atoms with van der Waals surface area (Å²) in [5.41, 5.74) is 14.4. The fourth-order valence-corrected chi connectivity index (χ4v) is 9.78. The Kier molecular flexibility index (Phi) is 13.2. The first kappa shape index (κ1) is 45.8. The second-order valence-electron chi connectivity index (χ2n) is 20.4. The maximum absolute atomic E-state index is 6.48. The van der Waals surface area contributed by atoms with E-state index in [9.17, 15) is 0 Å². The van der Waals surface area contributed by atoms with Gasteiger partial charge in [0, 0.05) is 48.5 Å². The topological polar surface area (TPSA) is 56.7 Å².